The average molecular weight is 369 g/mol. The highest BCUT2D eigenvalue weighted by atomic mass is 28.2. The molecule has 0 atom stereocenters. The molecule has 2 aromatic rings. The number of carbonyl (C=O) groups is 2. The zero-order valence-corrected chi connectivity index (χ0v) is 15.7. The van der Waals surface area contributed by atoms with Crippen LogP contribution in [-0.2, 0) is 0 Å². The summed E-state index contributed by atoms with van der Waals surface area (Å²) >= 11 is 0. The Morgan fingerprint density at radius 1 is 0.962 bits per heavy atom. The Kier molecular flexibility index (Phi) is 4.49. The Balaban J connectivity index is 2.19. The summed E-state index contributed by atoms with van der Waals surface area (Å²) in [4.78, 5) is 23.2. The molecular weight excluding hydrogens is 350 g/mol. The number of carboxylic acid groups (broad SMARTS) is 2. The molecule has 26 heavy (non-hydrogen) atoms. The van der Waals surface area contributed by atoms with Crippen LogP contribution < -0.4 is 9.30 Å². The van der Waals surface area contributed by atoms with Crippen LogP contribution in [0.1, 0.15) is 41.5 Å². The van der Waals surface area contributed by atoms with Crippen LogP contribution in [0.15, 0.2) is 36.4 Å². The first-order valence-corrected chi connectivity index (χ1v) is 9.28. The van der Waals surface area contributed by atoms with Crippen molar-refractivity contribution in [2.45, 2.75) is 26.8 Å². The fraction of sp³-hybridized carbons (Fsp3) is 0.263. The van der Waals surface area contributed by atoms with Crippen LogP contribution in [0.4, 0.5) is 11.4 Å². The molecule has 0 aromatic heterocycles. The van der Waals surface area contributed by atoms with Crippen LogP contribution in [0.3, 0.4) is 0 Å². The predicted octanol–water partition coefficient (Wildman–Crippen LogP) is 4.41. The average Bonchev–Trinajstić information content (AvgIpc) is 2.56. The first-order valence-electron chi connectivity index (χ1n) is 8.13. The van der Waals surface area contributed by atoms with E-state index < -0.39 is 11.9 Å². The lowest BCUT2D eigenvalue weighted by Gasteiger charge is -2.35. The van der Waals surface area contributed by atoms with Crippen LogP contribution in [0.2, 0.25) is 6.04 Å². The van der Waals surface area contributed by atoms with E-state index in [2.05, 4.69) is 20.8 Å². The standard InChI is InChI=1S/C19H19NO5Si/c1-19(2,3)10-26-20-13-8-4-6-11(17(21)22)15(13)25-16-12(18(23)24)7-5-9-14(16)20/h4-9H,10H2,1-3H3,(H,21,22)(H,23,24). The minimum atomic E-state index is -1.11. The minimum Gasteiger partial charge on any atom is -0.478 e. The molecule has 2 radical (unpaired) electrons. The molecule has 1 heterocycles. The van der Waals surface area contributed by atoms with Gasteiger partial charge in [-0.3, -0.25) is 0 Å². The van der Waals surface area contributed by atoms with E-state index in [0.29, 0.717) is 21.1 Å². The van der Waals surface area contributed by atoms with Crippen LogP contribution in [0.5, 0.6) is 11.5 Å². The molecule has 0 amide bonds. The second-order valence-corrected chi connectivity index (χ2v) is 8.37. The van der Waals surface area contributed by atoms with Gasteiger partial charge in [0.05, 0.1) is 11.4 Å². The molecule has 6 nitrogen and oxygen atoms in total. The second kappa shape index (κ2) is 6.49. The molecule has 0 bridgehead atoms. The fourth-order valence-electron chi connectivity index (χ4n) is 2.67. The number of para-hydroxylation sites is 2. The highest BCUT2D eigenvalue weighted by Gasteiger charge is 2.32. The third-order valence-corrected chi connectivity index (χ3v) is 5.92. The zero-order chi connectivity index (χ0) is 19.1. The first-order chi connectivity index (χ1) is 12.2. The maximum absolute atomic E-state index is 11.6. The van der Waals surface area contributed by atoms with E-state index in [-0.39, 0.29) is 28.0 Å². The van der Waals surface area contributed by atoms with Crippen LogP contribution in [0.25, 0.3) is 0 Å². The zero-order valence-electron chi connectivity index (χ0n) is 14.7. The quantitative estimate of drug-likeness (QED) is 0.776. The van der Waals surface area contributed by atoms with E-state index >= 15 is 0 Å². The van der Waals surface area contributed by atoms with Crippen molar-refractivity contribution in [2.75, 3.05) is 4.57 Å². The topological polar surface area (TPSA) is 87.1 Å². The normalized spacial score (nSPS) is 12.8. The summed E-state index contributed by atoms with van der Waals surface area (Å²) in [5, 5.41) is 19.0. The Hall–Kier alpha value is -2.80. The lowest BCUT2D eigenvalue weighted by Crippen LogP contribution is -2.29. The van der Waals surface area contributed by atoms with Gasteiger partial charge in [0.25, 0.3) is 0 Å². The number of benzene rings is 2. The van der Waals surface area contributed by atoms with Crippen molar-refractivity contribution in [3.63, 3.8) is 0 Å². The van der Waals surface area contributed by atoms with E-state index in [1.807, 2.05) is 4.57 Å². The monoisotopic (exact) mass is 369 g/mol. The Labute approximate surface area is 153 Å². The van der Waals surface area contributed by atoms with Crippen LogP contribution >= 0.6 is 0 Å². The molecule has 0 saturated carbocycles. The van der Waals surface area contributed by atoms with Gasteiger partial charge >= 0.3 is 11.9 Å². The summed E-state index contributed by atoms with van der Waals surface area (Å²) in [6.45, 7) is 6.39. The van der Waals surface area contributed by atoms with E-state index in [1.165, 1.54) is 12.1 Å². The molecule has 1 aliphatic heterocycles. The van der Waals surface area contributed by atoms with Gasteiger partial charge in [0.15, 0.2) is 21.2 Å². The van der Waals surface area contributed by atoms with Crippen molar-refractivity contribution in [2.24, 2.45) is 5.41 Å². The van der Waals surface area contributed by atoms with Crippen molar-refractivity contribution in [3.8, 4) is 11.5 Å². The first kappa shape index (κ1) is 18.0. The molecule has 3 rings (SSSR count). The van der Waals surface area contributed by atoms with Gasteiger partial charge in [-0.25, -0.2) is 9.59 Å². The van der Waals surface area contributed by atoms with E-state index in [0.717, 1.165) is 6.04 Å². The largest absolute Gasteiger partial charge is 0.478 e. The van der Waals surface area contributed by atoms with Crippen LogP contribution in [-0.4, -0.2) is 31.8 Å². The lowest BCUT2D eigenvalue weighted by molar-refractivity contribution is 0.0687. The number of hydrogen-bond acceptors (Lipinski definition) is 4. The van der Waals surface area contributed by atoms with Crippen molar-refractivity contribution in [1.29, 1.82) is 0 Å². The van der Waals surface area contributed by atoms with Gasteiger partial charge in [0.2, 0.25) is 0 Å². The maximum Gasteiger partial charge on any atom is 0.339 e. The SMILES string of the molecule is CC(C)(C)C[Si]N1c2cccc(C(=O)O)c2Oc2c(C(=O)O)cccc21. The summed E-state index contributed by atoms with van der Waals surface area (Å²) in [5.41, 5.74) is 1.38. The number of ether oxygens (including phenoxy) is 1. The van der Waals surface area contributed by atoms with E-state index in [4.69, 9.17) is 4.74 Å². The van der Waals surface area contributed by atoms with Crippen molar-refractivity contribution in [1.82, 2.24) is 0 Å². The number of anilines is 2. The molecule has 1 aliphatic rings. The molecule has 0 aliphatic carbocycles. The third kappa shape index (κ3) is 3.30. The molecule has 7 heteroatoms. The number of rotatable bonds is 4. The summed E-state index contributed by atoms with van der Waals surface area (Å²) in [6, 6.07) is 10.7. The van der Waals surface area contributed by atoms with Gasteiger partial charge in [0, 0.05) is 0 Å². The smallest absolute Gasteiger partial charge is 0.339 e. The van der Waals surface area contributed by atoms with Crippen molar-refractivity contribution >= 4 is 33.0 Å². The van der Waals surface area contributed by atoms with Crippen molar-refractivity contribution in [3.05, 3.63) is 47.5 Å². The number of carboxylic acids is 2. The molecule has 0 spiro atoms. The van der Waals surface area contributed by atoms with Gasteiger partial charge < -0.3 is 19.5 Å². The molecule has 0 unspecified atom stereocenters. The Bertz CT molecular complexity index is 824. The molecular formula is C19H19NO5Si. The summed E-state index contributed by atoms with van der Waals surface area (Å²) in [5.74, 6) is -1.86. The number of hydrogen-bond donors (Lipinski definition) is 2. The summed E-state index contributed by atoms with van der Waals surface area (Å²) in [6.07, 6.45) is 0. The number of nitrogens with zero attached hydrogens (tertiary/aromatic N) is 1. The van der Waals surface area contributed by atoms with Gasteiger partial charge in [-0.2, -0.15) is 0 Å². The van der Waals surface area contributed by atoms with E-state index in [1.54, 1.807) is 24.3 Å². The molecule has 134 valence electrons. The van der Waals surface area contributed by atoms with Crippen molar-refractivity contribution < 1.29 is 24.5 Å². The Morgan fingerprint density at radius 3 is 1.81 bits per heavy atom. The van der Waals surface area contributed by atoms with Crippen LogP contribution in [0, 0.1) is 5.41 Å². The maximum atomic E-state index is 11.6. The molecule has 0 fully saturated rings. The summed E-state index contributed by atoms with van der Waals surface area (Å²) < 4.78 is 7.80. The van der Waals surface area contributed by atoms with Gasteiger partial charge in [-0.15, -0.1) is 0 Å². The molecule has 0 saturated heterocycles. The Morgan fingerprint density at radius 2 is 1.42 bits per heavy atom. The summed E-state index contributed by atoms with van der Waals surface area (Å²) in [7, 11) is 0.314. The van der Waals surface area contributed by atoms with Gasteiger partial charge in [0.1, 0.15) is 11.1 Å². The highest BCUT2D eigenvalue weighted by molar-refractivity contribution is 6.45. The predicted molar refractivity (Wildman–Crippen MR) is 99.0 cm³/mol. The third-order valence-electron chi connectivity index (χ3n) is 3.90. The second-order valence-electron chi connectivity index (χ2n) is 7.25. The van der Waals surface area contributed by atoms with E-state index in [9.17, 15) is 19.8 Å². The number of fused-ring (bicyclic) bond motifs is 2. The minimum absolute atomic E-state index is 0.0129. The lowest BCUT2D eigenvalue weighted by atomic mass is 10.0. The fourth-order valence-corrected chi connectivity index (χ4v) is 4.00. The van der Waals surface area contributed by atoms with Gasteiger partial charge in [-0.05, 0) is 35.7 Å². The van der Waals surface area contributed by atoms with Gasteiger partial charge in [-0.1, -0.05) is 32.9 Å². The number of aromatic carboxylic acids is 2. The highest BCUT2D eigenvalue weighted by Crippen LogP contribution is 2.49. The molecule has 2 N–H and O–H groups in total. The molecule has 2 aromatic carbocycles.